The van der Waals surface area contributed by atoms with E-state index >= 15 is 0 Å². The van der Waals surface area contributed by atoms with Gasteiger partial charge in [-0.05, 0) is 24.0 Å². The summed E-state index contributed by atoms with van der Waals surface area (Å²) in [7, 11) is 0. The molecule has 0 aliphatic carbocycles. The Hall–Kier alpha value is -2.14. The molecule has 1 unspecified atom stereocenters. The van der Waals surface area contributed by atoms with E-state index in [4.69, 9.17) is 4.42 Å². The van der Waals surface area contributed by atoms with Crippen molar-refractivity contribution in [2.75, 3.05) is 6.61 Å². The van der Waals surface area contributed by atoms with Gasteiger partial charge in [0.05, 0.1) is 12.6 Å². The molecule has 1 amide bonds. The molecule has 0 radical (unpaired) electrons. The van der Waals surface area contributed by atoms with Gasteiger partial charge in [0.1, 0.15) is 11.1 Å². The van der Waals surface area contributed by atoms with Gasteiger partial charge in [0.25, 0.3) is 5.91 Å². The van der Waals surface area contributed by atoms with Crippen LogP contribution in [-0.4, -0.2) is 23.7 Å². The molecule has 1 atom stereocenters. The van der Waals surface area contributed by atoms with Crippen LogP contribution in [0.4, 0.5) is 0 Å². The molecule has 0 spiro atoms. The maximum absolute atomic E-state index is 12.3. The molecule has 5 nitrogen and oxygen atoms in total. The molecular formula is C17H21NO4. The Morgan fingerprint density at radius 2 is 2.00 bits per heavy atom. The first kappa shape index (κ1) is 16.2. The van der Waals surface area contributed by atoms with Gasteiger partial charge >= 0.3 is 5.63 Å². The first-order chi connectivity index (χ1) is 10.3. The molecule has 1 aromatic carbocycles. The Morgan fingerprint density at radius 1 is 1.32 bits per heavy atom. The molecule has 22 heavy (non-hydrogen) atoms. The normalized spacial score (nSPS) is 13.1. The number of carbonyl (C=O) groups excluding carboxylic acids is 1. The van der Waals surface area contributed by atoms with E-state index in [2.05, 4.69) is 5.32 Å². The van der Waals surface area contributed by atoms with Crippen molar-refractivity contribution in [3.63, 3.8) is 0 Å². The number of aliphatic hydroxyl groups excluding tert-OH is 1. The minimum atomic E-state index is -0.677. The summed E-state index contributed by atoms with van der Waals surface area (Å²) in [5.41, 5.74) is -0.332. The van der Waals surface area contributed by atoms with Crippen LogP contribution in [0.25, 0.3) is 11.0 Å². The molecule has 0 bridgehead atoms. The maximum atomic E-state index is 12.3. The monoisotopic (exact) mass is 303 g/mol. The maximum Gasteiger partial charge on any atom is 0.349 e. The Balaban J connectivity index is 2.25. The Morgan fingerprint density at radius 3 is 2.64 bits per heavy atom. The van der Waals surface area contributed by atoms with Gasteiger partial charge in [0.15, 0.2) is 0 Å². The summed E-state index contributed by atoms with van der Waals surface area (Å²) >= 11 is 0. The first-order valence-electron chi connectivity index (χ1n) is 7.25. The van der Waals surface area contributed by atoms with E-state index in [1.165, 1.54) is 6.07 Å². The highest BCUT2D eigenvalue weighted by Gasteiger charge is 2.22. The van der Waals surface area contributed by atoms with Gasteiger partial charge in [-0.1, -0.05) is 39.0 Å². The Bertz CT molecular complexity index is 727. The number of aliphatic hydroxyl groups is 1. The van der Waals surface area contributed by atoms with Crippen molar-refractivity contribution in [2.24, 2.45) is 5.41 Å². The van der Waals surface area contributed by atoms with E-state index in [1.807, 2.05) is 20.8 Å². The number of carbonyl (C=O) groups is 1. The second-order valence-electron chi connectivity index (χ2n) is 6.60. The first-order valence-corrected chi connectivity index (χ1v) is 7.25. The zero-order chi connectivity index (χ0) is 16.3. The van der Waals surface area contributed by atoms with Gasteiger partial charge in [-0.2, -0.15) is 0 Å². The third-order valence-corrected chi connectivity index (χ3v) is 3.30. The minimum absolute atomic E-state index is 0.0469. The highest BCUT2D eigenvalue weighted by Crippen LogP contribution is 2.21. The van der Waals surface area contributed by atoms with Crippen LogP contribution in [0, 0.1) is 5.41 Å². The number of amides is 1. The van der Waals surface area contributed by atoms with Crippen LogP contribution in [0.3, 0.4) is 0 Å². The van der Waals surface area contributed by atoms with Crippen LogP contribution in [-0.2, 0) is 0 Å². The average molecular weight is 303 g/mol. The summed E-state index contributed by atoms with van der Waals surface area (Å²) in [6.07, 6.45) is 0.605. The summed E-state index contributed by atoms with van der Waals surface area (Å²) in [4.78, 5) is 24.2. The molecule has 0 fully saturated rings. The smallest absolute Gasteiger partial charge is 0.349 e. The second kappa shape index (κ2) is 6.32. The fraction of sp³-hybridized carbons (Fsp3) is 0.412. The summed E-state index contributed by atoms with van der Waals surface area (Å²) in [5.74, 6) is -0.525. The summed E-state index contributed by atoms with van der Waals surface area (Å²) < 4.78 is 5.15. The lowest BCUT2D eigenvalue weighted by atomic mass is 9.88. The summed E-state index contributed by atoms with van der Waals surface area (Å²) in [6.45, 7) is 5.88. The van der Waals surface area contributed by atoms with Gasteiger partial charge in [-0.3, -0.25) is 4.79 Å². The number of hydrogen-bond acceptors (Lipinski definition) is 4. The van der Waals surface area contributed by atoms with Gasteiger partial charge in [0.2, 0.25) is 0 Å². The van der Waals surface area contributed by atoms with Crippen molar-refractivity contribution in [1.82, 2.24) is 5.32 Å². The van der Waals surface area contributed by atoms with Gasteiger partial charge < -0.3 is 14.8 Å². The standard InChI is InChI=1S/C17H21NO4/c1-17(2,3)9-12(10-19)18-15(20)13-8-11-6-4-5-7-14(11)22-16(13)21/h4-8,12,19H,9-10H2,1-3H3,(H,18,20). The third-order valence-electron chi connectivity index (χ3n) is 3.30. The van der Waals surface area contributed by atoms with Crippen LogP contribution in [0.2, 0.25) is 0 Å². The number of para-hydroxylation sites is 1. The van der Waals surface area contributed by atoms with Crippen molar-refractivity contribution >= 4 is 16.9 Å². The van der Waals surface area contributed by atoms with Crippen LogP contribution >= 0.6 is 0 Å². The van der Waals surface area contributed by atoms with Crippen molar-refractivity contribution < 1.29 is 14.3 Å². The Kier molecular flexibility index (Phi) is 4.66. The quantitative estimate of drug-likeness (QED) is 0.850. The van der Waals surface area contributed by atoms with Crippen molar-refractivity contribution in [1.29, 1.82) is 0 Å². The van der Waals surface area contributed by atoms with E-state index in [1.54, 1.807) is 24.3 Å². The Labute approximate surface area is 129 Å². The highest BCUT2D eigenvalue weighted by atomic mass is 16.4. The molecule has 0 aliphatic rings. The van der Waals surface area contributed by atoms with Gasteiger partial charge in [-0.25, -0.2) is 4.79 Å². The number of fused-ring (bicyclic) bond motifs is 1. The summed E-state index contributed by atoms with van der Waals surface area (Å²) in [6, 6.07) is 8.12. The van der Waals surface area contributed by atoms with E-state index in [0.717, 1.165) is 0 Å². The fourth-order valence-corrected chi connectivity index (χ4v) is 2.38. The molecule has 0 saturated carbocycles. The lowest BCUT2D eigenvalue weighted by molar-refractivity contribution is 0.0894. The average Bonchev–Trinajstić information content (AvgIpc) is 2.44. The predicted octanol–water partition coefficient (Wildman–Crippen LogP) is 2.32. The molecule has 0 aliphatic heterocycles. The molecule has 118 valence electrons. The van der Waals surface area contributed by atoms with Gasteiger partial charge in [0, 0.05) is 5.39 Å². The molecule has 1 heterocycles. The lowest BCUT2D eigenvalue weighted by Crippen LogP contribution is -2.41. The second-order valence-corrected chi connectivity index (χ2v) is 6.60. The van der Waals surface area contributed by atoms with E-state index in [9.17, 15) is 14.7 Å². The molecule has 5 heteroatoms. The largest absolute Gasteiger partial charge is 0.422 e. The van der Waals surface area contributed by atoms with Crippen LogP contribution in [0.1, 0.15) is 37.6 Å². The number of nitrogens with one attached hydrogen (secondary N) is 1. The van der Waals surface area contributed by atoms with Crippen molar-refractivity contribution in [3.05, 3.63) is 46.3 Å². The molecule has 1 aromatic heterocycles. The molecule has 2 rings (SSSR count). The summed E-state index contributed by atoms with van der Waals surface area (Å²) in [5, 5.41) is 12.8. The van der Waals surface area contributed by atoms with Crippen LogP contribution in [0.15, 0.2) is 39.5 Å². The van der Waals surface area contributed by atoms with Gasteiger partial charge in [-0.15, -0.1) is 0 Å². The van der Waals surface area contributed by atoms with E-state index in [0.29, 0.717) is 17.4 Å². The number of rotatable bonds is 4. The SMILES string of the molecule is CC(C)(C)CC(CO)NC(=O)c1cc2ccccc2oc1=O. The molecular weight excluding hydrogens is 282 g/mol. The predicted molar refractivity (Wildman–Crippen MR) is 84.9 cm³/mol. The number of benzene rings is 1. The zero-order valence-electron chi connectivity index (χ0n) is 13.1. The third kappa shape index (κ3) is 3.95. The number of hydrogen-bond donors (Lipinski definition) is 2. The topological polar surface area (TPSA) is 79.5 Å². The zero-order valence-corrected chi connectivity index (χ0v) is 13.1. The van der Waals surface area contributed by atoms with E-state index < -0.39 is 17.6 Å². The highest BCUT2D eigenvalue weighted by molar-refractivity contribution is 5.96. The van der Waals surface area contributed by atoms with E-state index in [-0.39, 0.29) is 17.6 Å². The van der Waals surface area contributed by atoms with Crippen LogP contribution in [0.5, 0.6) is 0 Å². The molecule has 2 N–H and O–H groups in total. The minimum Gasteiger partial charge on any atom is -0.422 e. The van der Waals surface area contributed by atoms with Crippen LogP contribution < -0.4 is 10.9 Å². The van der Waals surface area contributed by atoms with Crippen molar-refractivity contribution in [2.45, 2.75) is 33.2 Å². The molecule has 2 aromatic rings. The molecule has 0 saturated heterocycles. The fourth-order valence-electron chi connectivity index (χ4n) is 2.38. The van der Waals surface area contributed by atoms with Crippen molar-refractivity contribution in [3.8, 4) is 0 Å². The lowest BCUT2D eigenvalue weighted by Gasteiger charge is -2.25.